The van der Waals surface area contributed by atoms with Crippen molar-refractivity contribution in [2.75, 3.05) is 10.8 Å². The number of hydrogen-bond donors (Lipinski definition) is 1. The molecular weight excluding hydrogens is 534 g/mol. The number of anilines is 1. The molecule has 220 valence electrons. The second-order valence-electron chi connectivity index (χ2n) is 10.9. The normalized spacial score (nSPS) is 12.9. The van der Waals surface area contributed by atoms with Crippen molar-refractivity contribution >= 4 is 27.5 Å². The molecule has 0 aliphatic rings. The van der Waals surface area contributed by atoms with Gasteiger partial charge in [-0.3, -0.25) is 13.9 Å². The zero-order chi connectivity index (χ0) is 30.3. The lowest BCUT2D eigenvalue weighted by molar-refractivity contribution is -0.140. The van der Waals surface area contributed by atoms with E-state index in [4.69, 9.17) is 0 Å². The van der Waals surface area contributed by atoms with E-state index in [0.717, 1.165) is 34.2 Å². The van der Waals surface area contributed by atoms with E-state index in [1.165, 1.54) is 9.21 Å². The number of rotatable bonds is 12. The molecule has 0 aromatic heterocycles. The molecule has 2 atom stereocenters. The molecule has 0 radical (unpaired) electrons. The van der Waals surface area contributed by atoms with Crippen molar-refractivity contribution in [3.8, 4) is 0 Å². The van der Waals surface area contributed by atoms with Crippen molar-refractivity contribution in [2.24, 2.45) is 0 Å². The fourth-order valence-electron chi connectivity index (χ4n) is 4.83. The number of nitrogens with zero attached hydrogens (tertiary/aromatic N) is 2. The molecule has 0 saturated carbocycles. The Kier molecular flexibility index (Phi) is 10.7. The molecule has 3 aromatic rings. The summed E-state index contributed by atoms with van der Waals surface area (Å²) in [6, 6.07) is 19.0. The summed E-state index contributed by atoms with van der Waals surface area (Å²) >= 11 is 0. The highest BCUT2D eigenvalue weighted by molar-refractivity contribution is 7.92. The van der Waals surface area contributed by atoms with E-state index in [1.807, 2.05) is 78.8 Å². The number of hydrogen-bond acceptors (Lipinski definition) is 4. The summed E-state index contributed by atoms with van der Waals surface area (Å²) in [5.74, 6) is -0.699. The molecule has 7 nitrogen and oxygen atoms in total. The van der Waals surface area contributed by atoms with Crippen LogP contribution in [-0.2, 0) is 26.2 Å². The number of carbonyl (C=O) groups excluding carboxylic acids is 2. The van der Waals surface area contributed by atoms with Crippen molar-refractivity contribution in [3.05, 3.63) is 94.5 Å². The van der Waals surface area contributed by atoms with Crippen LogP contribution < -0.4 is 9.62 Å². The molecule has 0 saturated heterocycles. The number of amides is 2. The molecule has 1 N–H and O–H groups in total. The van der Waals surface area contributed by atoms with Crippen LogP contribution in [0.3, 0.4) is 0 Å². The van der Waals surface area contributed by atoms with Crippen LogP contribution in [0.25, 0.3) is 0 Å². The number of benzene rings is 3. The number of carbonyl (C=O) groups is 2. The molecule has 8 heteroatoms. The second kappa shape index (κ2) is 13.8. The minimum atomic E-state index is -4.10. The van der Waals surface area contributed by atoms with E-state index >= 15 is 0 Å². The summed E-state index contributed by atoms with van der Waals surface area (Å²) < 4.78 is 29.3. The van der Waals surface area contributed by atoms with E-state index in [9.17, 15) is 18.0 Å². The first-order valence-electron chi connectivity index (χ1n) is 14.2. The Balaban J connectivity index is 2.09. The molecule has 0 unspecified atom stereocenters. The van der Waals surface area contributed by atoms with Gasteiger partial charge in [-0.05, 0) is 88.4 Å². The Morgan fingerprint density at radius 3 is 2.00 bits per heavy atom. The van der Waals surface area contributed by atoms with Crippen LogP contribution in [-0.4, -0.2) is 43.8 Å². The predicted octanol–water partition coefficient (Wildman–Crippen LogP) is 5.84. The number of aryl methyl sites for hydroxylation is 4. The zero-order valence-corrected chi connectivity index (χ0v) is 26.1. The van der Waals surface area contributed by atoms with Crippen molar-refractivity contribution in [2.45, 2.75) is 84.8 Å². The summed E-state index contributed by atoms with van der Waals surface area (Å²) in [5, 5.41) is 3.01. The summed E-state index contributed by atoms with van der Waals surface area (Å²) in [4.78, 5) is 29.2. The SMILES string of the molecule is CC[C@H](C(=O)N[C@@H](C)CC)N(Cc1cccc(C)c1)C(=O)CN(c1cc(C)cc(C)c1)S(=O)(=O)c1ccc(C)cc1. The Bertz CT molecular complexity index is 1450. The third-order valence-corrected chi connectivity index (χ3v) is 8.99. The molecule has 0 heterocycles. The third kappa shape index (κ3) is 8.19. The third-order valence-electron chi connectivity index (χ3n) is 7.20. The van der Waals surface area contributed by atoms with Gasteiger partial charge >= 0.3 is 0 Å². The standard InChI is InChI=1S/C33H43N3O4S/c1-8-27(7)34-33(38)31(9-2)35(21-28-12-10-11-24(4)18-28)32(37)22-36(29-19-25(5)17-26(6)20-29)41(39,40)30-15-13-23(3)14-16-30/h10-20,27,31H,8-9,21-22H2,1-7H3,(H,34,38)/t27-,31+/m0/s1. The highest BCUT2D eigenvalue weighted by atomic mass is 32.2. The summed E-state index contributed by atoms with van der Waals surface area (Å²) in [5.41, 5.74) is 5.00. The topological polar surface area (TPSA) is 86.8 Å². The molecule has 0 spiro atoms. The fourth-order valence-corrected chi connectivity index (χ4v) is 6.23. The molecule has 0 fully saturated rings. The van der Waals surface area contributed by atoms with Gasteiger partial charge < -0.3 is 10.2 Å². The van der Waals surface area contributed by atoms with Gasteiger partial charge in [-0.2, -0.15) is 0 Å². The minimum absolute atomic E-state index is 0.0545. The van der Waals surface area contributed by atoms with Gasteiger partial charge in [0.05, 0.1) is 10.6 Å². The van der Waals surface area contributed by atoms with E-state index < -0.39 is 28.5 Å². The summed E-state index contributed by atoms with van der Waals surface area (Å²) in [6.07, 6.45) is 1.14. The minimum Gasteiger partial charge on any atom is -0.352 e. The van der Waals surface area contributed by atoms with Crippen molar-refractivity contribution in [1.82, 2.24) is 10.2 Å². The monoisotopic (exact) mass is 577 g/mol. The Morgan fingerprint density at radius 2 is 1.44 bits per heavy atom. The first kappa shape index (κ1) is 31.9. The van der Waals surface area contributed by atoms with Gasteiger partial charge in [0.2, 0.25) is 11.8 Å². The number of sulfonamides is 1. The van der Waals surface area contributed by atoms with E-state index in [-0.39, 0.29) is 23.4 Å². The Labute approximate surface area is 245 Å². The van der Waals surface area contributed by atoms with Crippen LogP contribution in [0, 0.1) is 27.7 Å². The molecule has 0 aliphatic carbocycles. The van der Waals surface area contributed by atoms with Crippen molar-refractivity contribution in [1.29, 1.82) is 0 Å². The van der Waals surface area contributed by atoms with Gasteiger partial charge in [-0.25, -0.2) is 8.42 Å². The van der Waals surface area contributed by atoms with Crippen LogP contribution in [0.2, 0.25) is 0 Å². The highest BCUT2D eigenvalue weighted by Gasteiger charge is 2.34. The number of nitrogens with one attached hydrogen (secondary N) is 1. The average Bonchev–Trinajstić information content (AvgIpc) is 2.91. The molecule has 41 heavy (non-hydrogen) atoms. The molecule has 0 bridgehead atoms. The molecule has 2 amide bonds. The van der Waals surface area contributed by atoms with E-state index in [0.29, 0.717) is 12.1 Å². The van der Waals surface area contributed by atoms with Crippen LogP contribution in [0.15, 0.2) is 71.6 Å². The van der Waals surface area contributed by atoms with Crippen LogP contribution in [0.5, 0.6) is 0 Å². The van der Waals surface area contributed by atoms with E-state index in [2.05, 4.69) is 5.32 Å². The predicted molar refractivity (Wildman–Crippen MR) is 165 cm³/mol. The largest absolute Gasteiger partial charge is 0.352 e. The molecular formula is C33H43N3O4S. The van der Waals surface area contributed by atoms with Gasteiger partial charge in [-0.1, -0.05) is 67.4 Å². The molecule has 0 aliphatic heterocycles. The molecule has 3 rings (SSSR count). The quantitative estimate of drug-likeness (QED) is 0.293. The fraction of sp³-hybridized carbons (Fsp3) is 0.394. The lowest BCUT2D eigenvalue weighted by Crippen LogP contribution is -2.53. The maximum Gasteiger partial charge on any atom is 0.264 e. The van der Waals surface area contributed by atoms with Gasteiger partial charge in [0.1, 0.15) is 12.6 Å². The zero-order valence-electron chi connectivity index (χ0n) is 25.3. The van der Waals surface area contributed by atoms with Crippen LogP contribution in [0.4, 0.5) is 5.69 Å². The van der Waals surface area contributed by atoms with Crippen molar-refractivity contribution < 1.29 is 18.0 Å². The van der Waals surface area contributed by atoms with Crippen molar-refractivity contribution in [3.63, 3.8) is 0 Å². The first-order chi connectivity index (χ1) is 19.3. The van der Waals surface area contributed by atoms with Gasteiger partial charge in [-0.15, -0.1) is 0 Å². The van der Waals surface area contributed by atoms with Crippen LogP contribution in [0.1, 0.15) is 61.4 Å². The first-order valence-corrected chi connectivity index (χ1v) is 15.6. The Hall–Kier alpha value is -3.65. The molecule has 3 aromatic carbocycles. The van der Waals surface area contributed by atoms with E-state index in [1.54, 1.807) is 36.4 Å². The second-order valence-corrected chi connectivity index (χ2v) is 12.8. The van der Waals surface area contributed by atoms with Gasteiger partial charge in [0, 0.05) is 12.6 Å². The maximum atomic E-state index is 14.2. The Morgan fingerprint density at radius 1 is 0.805 bits per heavy atom. The average molecular weight is 578 g/mol. The smallest absolute Gasteiger partial charge is 0.264 e. The summed E-state index contributed by atoms with van der Waals surface area (Å²) in [7, 11) is -4.10. The lowest BCUT2D eigenvalue weighted by Gasteiger charge is -2.34. The lowest BCUT2D eigenvalue weighted by atomic mass is 10.1. The maximum absolute atomic E-state index is 14.2. The summed E-state index contributed by atoms with van der Waals surface area (Å²) in [6.45, 7) is 13.2. The van der Waals surface area contributed by atoms with Crippen LogP contribution >= 0.6 is 0 Å². The van der Waals surface area contributed by atoms with Gasteiger partial charge in [0.25, 0.3) is 10.0 Å². The van der Waals surface area contributed by atoms with Gasteiger partial charge in [0.15, 0.2) is 0 Å². The highest BCUT2D eigenvalue weighted by Crippen LogP contribution is 2.27.